The zero-order chi connectivity index (χ0) is 20.9. The predicted molar refractivity (Wildman–Crippen MR) is 99.0 cm³/mol. The van der Waals surface area contributed by atoms with E-state index in [1.807, 2.05) is 0 Å². The van der Waals surface area contributed by atoms with Crippen molar-refractivity contribution in [3.8, 4) is 0 Å². The molecule has 2 aromatic rings. The molecule has 28 heavy (non-hydrogen) atoms. The van der Waals surface area contributed by atoms with Crippen LogP contribution in [0.3, 0.4) is 0 Å². The molecule has 0 fully saturated rings. The summed E-state index contributed by atoms with van der Waals surface area (Å²) in [6, 6.07) is 5.65. The number of nitrogens with one attached hydrogen (secondary N) is 1. The van der Waals surface area contributed by atoms with E-state index in [1.165, 1.54) is 36.0 Å². The van der Waals surface area contributed by atoms with Crippen molar-refractivity contribution >= 4 is 33.2 Å². The monoisotopic (exact) mass is 410 g/mol. The fourth-order valence-corrected chi connectivity index (χ4v) is 2.99. The van der Waals surface area contributed by atoms with Gasteiger partial charge in [0.15, 0.2) is 5.78 Å². The summed E-state index contributed by atoms with van der Waals surface area (Å²) in [5, 5.41) is 0. The number of halogens is 1. The molecule has 0 amide bonds. The number of hydrogen-bond acceptors (Lipinski definition) is 6. The average Bonchev–Trinajstić information content (AvgIpc) is 2.97. The molecule has 1 aromatic heterocycles. The van der Waals surface area contributed by atoms with Crippen molar-refractivity contribution in [2.75, 3.05) is 17.6 Å². The highest BCUT2D eigenvalue weighted by Crippen LogP contribution is 2.21. The first-order valence-corrected chi connectivity index (χ1v) is 10.1. The summed E-state index contributed by atoms with van der Waals surface area (Å²) in [6.45, 7) is 1.75. The molecule has 8 nitrogen and oxygen atoms in total. The van der Waals surface area contributed by atoms with Gasteiger partial charge in [0.2, 0.25) is 15.8 Å². The fraction of sp³-hybridized carbons (Fsp3) is 0.278. The Kier molecular flexibility index (Phi) is 6.68. The Bertz CT molecular complexity index is 996. The molecule has 150 valence electrons. The van der Waals surface area contributed by atoms with Gasteiger partial charge in [0.25, 0.3) is 0 Å². The van der Waals surface area contributed by atoms with Crippen LogP contribution in [0, 0.1) is 5.82 Å². The van der Waals surface area contributed by atoms with Crippen LogP contribution in [-0.4, -0.2) is 43.4 Å². The van der Waals surface area contributed by atoms with E-state index >= 15 is 0 Å². The number of sulfonamides is 1. The van der Waals surface area contributed by atoms with Gasteiger partial charge in [-0.25, -0.2) is 17.6 Å². The molecule has 0 radical (unpaired) electrons. The van der Waals surface area contributed by atoms with Crippen LogP contribution in [0.4, 0.5) is 10.1 Å². The molecule has 10 heteroatoms. The third-order valence-electron chi connectivity index (χ3n) is 3.58. The predicted octanol–water partition coefficient (Wildman–Crippen LogP) is 1.75. The zero-order valence-corrected chi connectivity index (χ0v) is 16.1. The molecular formula is C18H19FN2O6S. The molecule has 0 bridgehead atoms. The Balaban J connectivity index is 2.28. The number of rotatable bonds is 9. The van der Waals surface area contributed by atoms with Crippen LogP contribution < -0.4 is 4.72 Å². The number of carbonyl (C=O) groups is 3. The molecule has 0 spiro atoms. The Morgan fingerprint density at radius 1 is 1.14 bits per heavy atom. The summed E-state index contributed by atoms with van der Waals surface area (Å²) in [6.07, 6.45) is 2.91. The number of benzene rings is 1. The Morgan fingerprint density at radius 2 is 1.79 bits per heavy atom. The lowest BCUT2D eigenvalue weighted by atomic mass is 10.1. The molecule has 0 aliphatic rings. The van der Waals surface area contributed by atoms with Gasteiger partial charge >= 0.3 is 5.97 Å². The van der Waals surface area contributed by atoms with E-state index in [2.05, 4.69) is 9.46 Å². The maximum atomic E-state index is 13.0. The van der Waals surface area contributed by atoms with Crippen LogP contribution in [0.1, 0.15) is 29.3 Å². The number of nitrogens with zero attached hydrogens (tertiary/aromatic N) is 1. The number of ether oxygens (including phenoxy) is 1. The highest BCUT2D eigenvalue weighted by Gasteiger charge is 2.24. The first-order valence-electron chi connectivity index (χ1n) is 8.24. The number of esters is 1. The van der Waals surface area contributed by atoms with E-state index in [9.17, 15) is 27.2 Å². The summed E-state index contributed by atoms with van der Waals surface area (Å²) < 4.78 is 44.5. The van der Waals surface area contributed by atoms with Gasteiger partial charge in [-0.15, -0.1) is 0 Å². The maximum absolute atomic E-state index is 13.0. The first kappa shape index (κ1) is 21.3. The van der Waals surface area contributed by atoms with Crippen molar-refractivity contribution in [1.29, 1.82) is 0 Å². The lowest BCUT2D eigenvalue weighted by Crippen LogP contribution is -2.21. The van der Waals surface area contributed by atoms with E-state index in [4.69, 9.17) is 0 Å². The maximum Gasteiger partial charge on any atom is 0.375 e. The minimum Gasteiger partial charge on any atom is -0.460 e. The van der Waals surface area contributed by atoms with Crippen LogP contribution in [0.5, 0.6) is 0 Å². The van der Waals surface area contributed by atoms with Crippen molar-refractivity contribution in [2.45, 2.75) is 19.9 Å². The minimum absolute atomic E-state index is 0.00626. The zero-order valence-electron chi connectivity index (χ0n) is 15.3. The van der Waals surface area contributed by atoms with Gasteiger partial charge in [-0.3, -0.25) is 14.3 Å². The van der Waals surface area contributed by atoms with E-state index in [0.717, 1.165) is 6.26 Å². The summed E-state index contributed by atoms with van der Waals surface area (Å²) in [7, 11) is -3.69. The molecule has 0 saturated heterocycles. The quantitative estimate of drug-likeness (QED) is 0.292. The second-order valence-corrected chi connectivity index (χ2v) is 7.75. The van der Waals surface area contributed by atoms with Gasteiger partial charge < -0.3 is 9.30 Å². The number of ketones is 2. The van der Waals surface area contributed by atoms with Crippen LogP contribution in [-0.2, 0) is 30.9 Å². The third kappa shape index (κ3) is 6.02. The number of carbonyl (C=O) groups excluding carboxylic acids is 3. The number of anilines is 1. The van der Waals surface area contributed by atoms with Crippen LogP contribution >= 0.6 is 0 Å². The molecule has 2 rings (SSSR count). The van der Waals surface area contributed by atoms with Crippen molar-refractivity contribution in [3.63, 3.8) is 0 Å². The van der Waals surface area contributed by atoms with Gasteiger partial charge in [-0.1, -0.05) is 12.1 Å². The van der Waals surface area contributed by atoms with Crippen molar-refractivity contribution in [3.05, 3.63) is 53.6 Å². The third-order valence-corrected chi connectivity index (χ3v) is 4.17. The standard InChI is InChI=1S/C18H19FN2O6S/c1-3-27-18(24)17(23)8-16(22)14-10-21(11-15(14)20-28(2,25)26)9-12-4-6-13(19)7-5-12/h4-7,10-11,20H,3,8-9H2,1-2H3. The molecule has 1 heterocycles. The van der Waals surface area contributed by atoms with E-state index in [0.29, 0.717) is 5.56 Å². The summed E-state index contributed by atoms with van der Waals surface area (Å²) in [5.74, 6) is -3.28. The van der Waals surface area contributed by atoms with Crippen LogP contribution in [0.25, 0.3) is 0 Å². The van der Waals surface area contributed by atoms with Gasteiger partial charge in [-0.2, -0.15) is 0 Å². The van der Waals surface area contributed by atoms with E-state index < -0.39 is 39.8 Å². The highest BCUT2D eigenvalue weighted by atomic mass is 32.2. The lowest BCUT2D eigenvalue weighted by molar-refractivity contribution is -0.153. The molecule has 0 saturated carbocycles. The average molecular weight is 410 g/mol. The van der Waals surface area contributed by atoms with Gasteiger partial charge in [0.05, 0.1) is 30.5 Å². The summed E-state index contributed by atoms with van der Waals surface area (Å²) in [4.78, 5) is 35.6. The van der Waals surface area contributed by atoms with Crippen LogP contribution in [0.15, 0.2) is 36.7 Å². The molecule has 1 aromatic carbocycles. The SMILES string of the molecule is CCOC(=O)C(=O)CC(=O)c1cn(Cc2ccc(F)cc2)cc1NS(C)(=O)=O. The van der Waals surface area contributed by atoms with Gasteiger partial charge in [0.1, 0.15) is 5.82 Å². The lowest BCUT2D eigenvalue weighted by Gasteiger charge is -2.04. The second-order valence-electron chi connectivity index (χ2n) is 6.00. The Hall–Kier alpha value is -3.01. The second kappa shape index (κ2) is 8.79. The van der Waals surface area contributed by atoms with E-state index in [1.54, 1.807) is 12.1 Å². The normalized spacial score (nSPS) is 11.1. The van der Waals surface area contributed by atoms with Crippen molar-refractivity contribution < 1.29 is 31.9 Å². The van der Waals surface area contributed by atoms with Crippen molar-refractivity contribution in [2.24, 2.45) is 0 Å². The topological polar surface area (TPSA) is 112 Å². The molecule has 1 N–H and O–H groups in total. The molecule has 0 aliphatic carbocycles. The smallest absolute Gasteiger partial charge is 0.375 e. The van der Waals surface area contributed by atoms with Gasteiger partial charge in [-0.05, 0) is 24.6 Å². The number of hydrogen-bond donors (Lipinski definition) is 1. The number of aromatic nitrogens is 1. The first-order chi connectivity index (χ1) is 13.1. The van der Waals surface area contributed by atoms with E-state index in [-0.39, 0.29) is 24.4 Å². The molecule has 0 atom stereocenters. The largest absolute Gasteiger partial charge is 0.460 e. The number of Topliss-reactive ketones (excluding diaryl/α,β-unsaturated/α-hetero) is 2. The van der Waals surface area contributed by atoms with Crippen LogP contribution in [0.2, 0.25) is 0 Å². The Morgan fingerprint density at radius 3 is 2.36 bits per heavy atom. The highest BCUT2D eigenvalue weighted by molar-refractivity contribution is 7.92. The summed E-state index contributed by atoms with van der Waals surface area (Å²) >= 11 is 0. The molecular weight excluding hydrogens is 391 g/mol. The van der Waals surface area contributed by atoms with Gasteiger partial charge in [0, 0.05) is 18.9 Å². The van der Waals surface area contributed by atoms with Crippen molar-refractivity contribution in [1.82, 2.24) is 4.57 Å². The Labute approximate surface area is 161 Å². The molecule has 0 aliphatic heterocycles. The fourth-order valence-electron chi connectivity index (χ4n) is 2.43. The summed E-state index contributed by atoms with van der Waals surface area (Å²) in [5.41, 5.74) is 0.625. The minimum atomic E-state index is -3.69. The molecule has 0 unspecified atom stereocenters.